The zero-order valence-corrected chi connectivity index (χ0v) is 13.1. The Morgan fingerprint density at radius 1 is 1.36 bits per heavy atom. The highest BCUT2D eigenvalue weighted by Gasteiger charge is 2.33. The maximum atomic E-state index is 13.0. The molecular formula is C17H20FN3O. The van der Waals surface area contributed by atoms with Gasteiger partial charge in [-0.1, -0.05) is 0 Å². The third kappa shape index (κ3) is 2.63. The Morgan fingerprint density at radius 2 is 2.00 bits per heavy atom. The Bertz CT molecular complexity index is 688. The first-order valence-corrected chi connectivity index (χ1v) is 7.56. The summed E-state index contributed by atoms with van der Waals surface area (Å²) in [5.41, 5.74) is 2.11. The van der Waals surface area contributed by atoms with Crippen molar-refractivity contribution < 1.29 is 9.18 Å². The molecule has 1 saturated carbocycles. The fraction of sp³-hybridized carbons (Fsp3) is 0.412. The van der Waals surface area contributed by atoms with Crippen LogP contribution >= 0.6 is 0 Å². The molecule has 1 aliphatic carbocycles. The van der Waals surface area contributed by atoms with E-state index >= 15 is 0 Å². The number of carbonyl (C=O) groups excluding carboxylic acids is 1. The Labute approximate surface area is 129 Å². The molecule has 1 unspecified atom stereocenters. The molecular weight excluding hydrogens is 281 g/mol. The highest BCUT2D eigenvalue weighted by atomic mass is 19.1. The van der Waals surface area contributed by atoms with Crippen LogP contribution in [-0.2, 0) is 0 Å². The molecule has 1 aliphatic rings. The number of halogens is 1. The minimum atomic E-state index is -0.289. The van der Waals surface area contributed by atoms with E-state index < -0.39 is 0 Å². The van der Waals surface area contributed by atoms with Gasteiger partial charge in [-0.2, -0.15) is 5.10 Å². The summed E-state index contributed by atoms with van der Waals surface area (Å²) < 4.78 is 14.7. The van der Waals surface area contributed by atoms with E-state index in [1.54, 1.807) is 27.9 Å². The van der Waals surface area contributed by atoms with Crippen LogP contribution in [0.1, 0.15) is 35.8 Å². The van der Waals surface area contributed by atoms with Gasteiger partial charge in [-0.15, -0.1) is 0 Å². The standard InChI is InChI=1S/C17H20FN3O/c1-11(13-4-5-13)20(3)17(22)16-10-19-21(12(16)2)15-8-6-14(18)7-9-15/h6-11,13H,4-5H2,1-3H3. The van der Waals surface area contributed by atoms with Gasteiger partial charge in [0.2, 0.25) is 0 Å². The largest absolute Gasteiger partial charge is 0.339 e. The lowest BCUT2D eigenvalue weighted by Crippen LogP contribution is -2.36. The first-order chi connectivity index (χ1) is 10.5. The minimum absolute atomic E-state index is 0.00902. The average molecular weight is 301 g/mol. The quantitative estimate of drug-likeness (QED) is 0.870. The summed E-state index contributed by atoms with van der Waals surface area (Å²) in [6.07, 6.45) is 4.00. The molecule has 0 aliphatic heterocycles. The van der Waals surface area contributed by atoms with Gasteiger partial charge in [-0.25, -0.2) is 9.07 Å². The average Bonchev–Trinajstić information content (AvgIpc) is 3.29. The topological polar surface area (TPSA) is 38.1 Å². The molecule has 4 nitrogen and oxygen atoms in total. The van der Waals surface area contributed by atoms with E-state index in [0.29, 0.717) is 11.5 Å². The lowest BCUT2D eigenvalue weighted by molar-refractivity contribution is 0.0726. The van der Waals surface area contributed by atoms with Crippen molar-refractivity contribution in [3.63, 3.8) is 0 Å². The van der Waals surface area contributed by atoms with Gasteiger partial charge in [-0.3, -0.25) is 4.79 Å². The molecule has 0 saturated heterocycles. The van der Waals surface area contributed by atoms with Crippen molar-refractivity contribution in [2.45, 2.75) is 32.7 Å². The third-order valence-corrected chi connectivity index (χ3v) is 4.55. The van der Waals surface area contributed by atoms with Crippen LogP contribution in [0, 0.1) is 18.7 Å². The zero-order chi connectivity index (χ0) is 15.9. The Morgan fingerprint density at radius 3 is 2.59 bits per heavy atom. The van der Waals surface area contributed by atoms with Crippen molar-refractivity contribution in [2.75, 3.05) is 7.05 Å². The first kappa shape index (κ1) is 14.8. The molecule has 1 heterocycles. The minimum Gasteiger partial charge on any atom is -0.339 e. The van der Waals surface area contributed by atoms with Crippen LogP contribution in [0.4, 0.5) is 4.39 Å². The van der Waals surface area contributed by atoms with Crippen molar-refractivity contribution >= 4 is 5.91 Å². The lowest BCUT2D eigenvalue weighted by Gasteiger charge is -2.24. The number of rotatable bonds is 4. The van der Waals surface area contributed by atoms with E-state index in [0.717, 1.165) is 11.4 Å². The summed E-state index contributed by atoms with van der Waals surface area (Å²) in [4.78, 5) is 14.5. The smallest absolute Gasteiger partial charge is 0.257 e. The van der Waals surface area contributed by atoms with E-state index in [1.165, 1.54) is 25.0 Å². The van der Waals surface area contributed by atoms with Crippen LogP contribution in [0.25, 0.3) is 5.69 Å². The van der Waals surface area contributed by atoms with E-state index in [-0.39, 0.29) is 17.8 Å². The van der Waals surface area contributed by atoms with Gasteiger partial charge >= 0.3 is 0 Å². The van der Waals surface area contributed by atoms with Crippen molar-refractivity contribution in [1.29, 1.82) is 0 Å². The number of nitrogens with zero attached hydrogens (tertiary/aromatic N) is 3. The SMILES string of the molecule is Cc1c(C(=O)N(C)C(C)C2CC2)cnn1-c1ccc(F)cc1. The molecule has 1 atom stereocenters. The highest BCUT2D eigenvalue weighted by Crippen LogP contribution is 2.35. The molecule has 0 bridgehead atoms. The van der Waals surface area contributed by atoms with E-state index in [2.05, 4.69) is 12.0 Å². The second kappa shape index (κ2) is 5.55. The fourth-order valence-electron chi connectivity index (χ4n) is 2.73. The molecule has 5 heteroatoms. The van der Waals surface area contributed by atoms with Crippen molar-refractivity contribution in [3.8, 4) is 5.69 Å². The van der Waals surface area contributed by atoms with Crippen LogP contribution in [0.3, 0.4) is 0 Å². The predicted octanol–water partition coefficient (Wildman–Crippen LogP) is 3.19. The summed E-state index contributed by atoms with van der Waals surface area (Å²) in [7, 11) is 1.85. The number of hydrogen-bond acceptors (Lipinski definition) is 2. The van der Waals surface area contributed by atoms with E-state index in [1.807, 2.05) is 14.0 Å². The van der Waals surface area contributed by atoms with E-state index in [4.69, 9.17) is 0 Å². The number of hydrogen-bond donors (Lipinski definition) is 0. The summed E-state index contributed by atoms with van der Waals surface area (Å²) in [5, 5.41) is 4.29. The van der Waals surface area contributed by atoms with Gasteiger partial charge in [-0.05, 0) is 56.9 Å². The lowest BCUT2D eigenvalue weighted by atomic mass is 10.1. The van der Waals surface area contributed by atoms with Crippen molar-refractivity contribution in [3.05, 3.63) is 47.5 Å². The van der Waals surface area contributed by atoms with Gasteiger partial charge in [0.25, 0.3) is 5.91 Å². The third-order valence-electron chi connectivity index (χ3n) is 4.55. The number of carbonyl (C=O) groups is 1. The van der Waals surface area contributed by atoms with Gasteiger partial charge in [0.15, 0.2) is 0 Å². The molecule has 22 heavy (non-hydrogen) atoms. The molecule has 0 radical (unpaired) electrons. The molecule has 1 aromatic carbocycles. The molecule has 1 amide bonds. The summed E-state index contributed by atoms with van der Waals surface area (Å²) in [6, 6.07) is 6.33. The van der Waals surface area contributed by atoms with Crippen molar-refractivity contribution in [1.82, 2.24) is 14.7 Å². The maximum Gasteiger partial charge on any atom is 0.257 e. The van der Waals surface area contributed by atoms with Gasteiger partial charge in [0.05, 0.1) is 23.1 Å². The molecule has 1 fully saturated rings. The van der Waals surface area contributed by atoms with Crippen LogP contribution < -0.4 is 0 Å². The fourth-order valence-corrected chi connectivity index (χ4v) is 2.73. The predicted molar refractivity (Wildman–Crippen MR) is 82.5 cm³/mol. The number of aromatic nitrogens is 2. The molecule has 2 aromatic rings. The second-order valence-corrected chi connectivity index (χ2v) is 6.03. The van der Waals surface area contributed by atoms with Gasteiger partial charge in [0, 0.05) is 13.1 Å². The van der Waals surface area contributed by atoms with Crippen LogP contribution in [-0.4, -0.2) is 33.7 Å². The summed E-state index contributed by atoms with van der Waals surface area (Å²) in [6.45, 7) is 3.95. The zero-order valence-electron chi connectivity index (χ0n) is 13.1. The first-order valence-electron chi connectivity index (χ1n) is 7.56. The normalized spacial score (nSPS) is 15.6. The van der Waals surface area contributed by atoms with E-state index in [9.17, 15) is 9.18 Å². The van der Waals surface area contributed by atoms with Crippen LogP contribution in [0.5, 0.6) is 0 Å². The summed E-state index contributed by atoms with van der Waals surface area (Å²) >= 11 is 0. The summed E-state index contributed by atoms with van der Waals surface area (Å²) in [5.74, 6) is 0.328. The number of amides is 1. The second-order valence-electron chi connectivity index (χ2n) is 6.03. The molecule has 0 spiro atoms. The van der Waals surface area contributed by atoms with Gasteiger partial charge in [0.1, 0.15) is 5.82 Å². The van der Waals surface area contributed by atoms with Crippen molar-refractivity contribution in [2.24, 2.45) is 5.92 Å². The van der Waals surface area contributed by atoms with Crippen LogP contribution in [0.15, 0.2) is 30.5 Å². The molecule has 0 N–H and O–H groups in total. The Hall–Kier alpha value is -2.17. The highest BCUT2D eigenvalue weighted by molar-refractivity contribution is 5.95. The molecule has 116 valence electrons. The Kier molecular flexibility index (Phi) is 3.72. The monoisotopic (exact) mass is 301 g/mol. The van der Waals surface area contributed by atoms with Gasteiger partial charge < -0.3 is 4.90 Å². The molecule has 3 rings (SSSR count). The van der Waals surface area contributed by atoms with Crippen LogP contribution in [0.2, 0.25) is 0 Å². The molecule has 1 aromatic heterocycles. The number of benzene rings is 1. The Balaban J connectivity index is 1.86. The maximum absolute atomic E-state index is 13.0.